The fourth-order valence-electron chi connectivity index (χ4n) is 6.42. The number of hydrogen-bond acceptors (Lipinski definition) is 13. The summed E-state index contributed by atoms with van der Waals surface area (Å²) in [4.78, 5) is 95.4. The SMILES string of the molecule is C[C@@H](NC(=O)c1ccc(NNC(=O)CCCCCC(=O)NCCCC[C@H](NC(=O)[C@@H](CC(=O)CNCO)Cc2c[nH]cn2)C(=O)O)cc1)C(=O)N1CCC[C@H]1B(O)O. The average molecular weight is 814 g/mol. The van der Waals surface area contributed by atoms with E-state index in [0.717, 1.165) is 0 Å². The number of aromatic amines is 1. The van der Waals surface area contributed by atoms with Gasteiger partial charge >= 0.3 is 13.1 Å². The number of imidazole rings is 1. The first-order chi connectivity index (χ1) is 27.8. The molecule has 2 aromatic rings. The second kappa shape index (κ2) is 25.1. The van der Waals surface area contributed by atoms with Crippen molar-refractivity contribution >= 4 is 54.1 Å². The number of rotatable bonds is 27. The van der Waals surface area contributed by atoms with Crippen molar-refractivity contribution in [3.63, 3.8) is 0 Å². The number of hydrazine groups is 1. The number of aliphatic hydroxyl groups excluding tert-OH is 1. The summed E-state index contributed by atoms with van der Waals surface area (Å²) in [7, 11) is -1.65. The molecule has 1 aliphatic rings. The molecular formula is C37H56BN9O11. The maximum atomic E-state index is 13.0. The summed E-state index contributed by atoms with van der Waals surface area (Å²) in [6.45, 7) is 1.71. The number of anilines is 1. The van der Waals surface area contributed by atoms with Gasteiger partial charge in [0.15, 0.2) is 0 Å². The fraction of sp³-hybridized carbons (Fsp3) is 0.568. The van der Waals surface area contributed by atoms with Crippen LogP contribution in [0.5, 0.6) is 0 Å². The number of aromatic nitrogens is 2. The molecule has 1 aliphatic heterocycles. The quantitative estimate of drug-likeness (QED) is 0.0227. The molecule has 11 N–H and O–H groups in total. The summed E-state index contributed by atoms with van der Waals surface area (Å²) in [5, 5.41) is 48.1. The number of aliphatic hydroxyl groups is 1. The molecule has 5 amide bonds. The second-order valence-electron chi connectivity index (χ2n) is 14.2. The molecule has 0 aliphatic carbocycles. The van der Waals surface area contributed by atoms with Gasteiger partial charge in [0.05, 0.1) is 42.8 Å². The van der Waals surface area contributed by atoms with E-state index in [1.165, 1.54) is 30.3 Å². The lowest BCUT2D eigenvalue weighted by Crippen LogP contribution is -2.52. The largest absolute Gasteiger partial charge is 0.480 e. The number of hydrogen-bond donors (Lipinski definition) is 11. The van der Waals surface area contributed by atoms with E-state index < -0.39 is 61.5 Å². The Bertz CT molecular complexity index is 1650. The Balaban J connectivity index is 1.26. The summed E-state index contributed by atoms with van der Waals surface area (Å²) in [5.41, 5.74) is 6.72. The number of carboxylic acids is 1. The molecule has 1 fully saturated rings. The molecule has 0 unspecified atom stereocenters. The predicted octanol–water partition coefficient (Wildman–Crippen LogP) is -0.862. The molecular weight excluding hydrogens is 757 g/mol. The Kier molecular flexibility index (Phi) is 20.3. The highest BCUT2D eigenvalue weighted by atomic mass is 16.4. The Morgan fingerprint density at radius 3 is 2.34 bits per heavy atom. The van der Waals surface area contributed by atoms with Crippen LogP contribution < -0.4 is 32.1 Å². The zero-order valence-electron chi connectivity index (χ0n) is 32.7. The van der Waals surface area contributed by atoms with Crippen molar-refractivity contribution in [3.8, 4) is 0 Å². The Morgan fingerprint density at radius 2 is 1.69 bits per heavy atom. The molecule has 2 heterocycles. The molecule has 1 aromatic heterocycles. The number of amides is 5. The van der Waals surface area contributed by atoms with E-state index in [-0.39, 0.29) is 56.2 Å². The molecule has 318 valence electrons. The number of carboxylic acid groups (broad SMARTS) is 1. The van der Waals surface area contributed by atoms with Gasteiger partial charge in [0, 0.05) is 50.5 Å². The van der Waals surface area contributed by atoms with Gasteiger partial charge in [-0.3, -0.25) is 44.9 Å². The molecule has 0 bridgehead atoms. The van der Waals surface area contributed by atoms with Gasteiger partial charge in [-0.15, -0.1) is 0 Å². The van der Waals surface area contributed by atoms with Crippen LogP contribution in [0.15, 0.2) is 36.8 Å². The highest BCUT2D eigenvalue weighted by Crippen LogP contribution is 2.19. The fourth-order valence-corrected chi connectivity index (χ4v) is 6.42. The number of likely N-dealkylation sites (tertiary alicyclic amines) is 1. The van der Waals surface area contributed by atoms with Gasteiger partial charge in [0.25, 0.3) is 5.91 Å². The molecule has 58 heavy (non-hydrogen) atoms. The summed E-state index contributed by atoms with van der Waals surface area (Å²) < 4.78 is 0. The van der Waals surface area contributed by atoms with E-state index in [0.29, 0.717) is 75.0 Å². The number of Topliss-reactive ketones (excluding diaryl/α,β-unsaturated/α-hetero) is 1. The summed E-state index contributed by atoms with van der Waals surface area (Å²) in [5.74, 6) is -4.99. The first kappa shape index (κ1) is 47.0. The zero-order chi connectivity index (χ0) is 42.5. The van der Waals surface area contributed by atoms with E-state index in [1.54, 1.807) is 18.3 Å². The minimum absolute atomic E-state index is 0.119. The van der Waals surface area contributed by atoms with Crippen LogP contribution in [0.1, 0.15) is 93.6 Å². The first-order valence-electron chi connectivity index (χ1n) is 19.5. The van der Waals surface area contributed by atoms with Crippen molar-refractivity contribution in [2.75, 3.05) is 31.8 Å². The van der Waals surface area contributed by atoms with Gasteiger partial charge in [0.2, 0.25) is 23.6 Å². The van der Waals surface area contributed by atoms with Crippen LogP contribution in [0.2, 0.25) is 0 Å². The van der Waals surface area contributed by atoms with Gasteiger partial charge in [-0.05, 0) is 76.1 Å². The number of nitrogens with zero attached hydrogens (tertiary/aromatic N) is 2. The van der Waals surface area contributed by atoms with Gasteiger partial charge in [-0.25, -0.2) is 9.78 Å². The van der Waals surface area contributed by atoms with E-state index in [9.17, 15) is 48.7 Å². The highest BCUT2D eigenvalue weighted by molar-refractivity contribution is 6.43. The maximum absolute atomic E-state index is 13.0. The van der Waals surface area contributed by atoms with E-state index >= 15 is 0 Å². The monoisotopic (exact) mass is 813 g/mol. The zero-order valence-corrected chi connectivity index (χ0v) is 32.7. The van der Waals surface area contributed by atoms with Gasteiger partial charge < -0.3 is 46.1 Å². The van der Waals surface area contributed by atoms with Crippen LogP contribution in [0.25, 0.3) is 0 Å². The van der Waals surface area contributed by atoms with Gasteiger partial charge in [-0.1, -0.05) is 6.42 Å². The summed E-state index contributed by atoms with van der Waals surface area (Å²) in [6, 6.07) is 4.19. The average Bonchev–Trinajstić information content (AvgIpc) is 3.91. The number of H-pyrrole nitrogens is 1. The van der Waals surface area contributed by atoms with Crippen molar-refractivity contribution in [2.45, 2.75) is 102 Å². The third-order valence-electron chi connectivity index (χ3n) is 9.59. The number of carbonyl (C=O) groups is 7. The second-order valence-corrected chi connectivity index (χ2v) is 14.2. The number of ketones is 1. The Hall–Kier alpha value is -5.38. The molecule has 21 heteroatoms. The topological polar surface area (TPSA) is 305 Å². The predicted molar refractivity (Wildman–Crippen MR) is 210 cm³/mol. The van der Waals surface area contributed by atoms with Crippen LogP contribution in [-0.2, 0) is 35.2 Å². The number of carbonyl (C=O) groups excluding carboxylic acids is 6. The normalized spacial score (nSPS) is 15.1. The van der Waals surface area contributed by atoms with E-state index in [4.69, 9.17) is 5.11 Å². The van der Waals surface area contributed by atoms with Crippen LogP contribution >= 0.6 is 0 Å². The van der Waals surface area contributed by atoms with Crippen LogP contribution in [0, 0.1) is 5.92 Å². The molecule has 0 saturated carbocycles. The minimum atomic E-state index is -1.65. The third kappa shape index (κ3) is 16.6. The first-order valence-corrected chi connectivity index (χ1v) is 19.5. The van der Waals surface area contributed by atoms with Crippen LogP contribution in [0.4, 0.5) is 5.69 Å². The number of nitrogens with one attached hydrogen (secondary N) is 7. The molecule has 1 aromatic carbocycles. The molecule has 3 rings (SSSR count). The maximum Gasteiger partial charge on any atom is 0.475 e. The third-order valence-corrected chi connectivity index (χ3v) is 9.59. The Morgan fingerprint density at radius 1 is 0.966 bits per heavy atom. The lowest BCUT2D eigenvalue weighted by Gasteiger charge is -2.27. The van der Waals surface area contributed by atoms with Crippen molar-refractivity contribution in [1.82, 2.24) is 41.6 Å². The van der Waals surface area contributed by atoms with Crippen molar-refractivity contribution < 1.29 is 53.8 Å². The lowest BCUT2D eigenvalue weighted by atomic mass is 9.78. The number of unbranched alkanes of at least 4 members (excludes halogenated alkanes) is 3. The number of aliphatic carboxylic acids is 1. The standard InChI is InChI=1S/C37H56BN9O11/c1-24(36(54)47-17-7-9-31(47)38(57)58)43-34(52)25-12-14-27(15-13-25)45-46-33(51)11-4-2-3-10-32(50)41-16-6-5-8-30(37(55)56)44-35(53)26(18-28-20-39-22-42-28)19-29(49)21-40-23-48/h12-15,20,22,24,26,30-31,40,45,48,57-58H,2-11,16-19,21,23H2,1H3,(H,39,42)(H,41,50)(H,43,52)(H,44,53)(H,46,51)(H,55,56)/t24-,26-,30+,31+/m1/s1. The summed E-state index contributed by atoms with van der Waals surface area (Å²) in [6.07, 6.45) is 7.32. The number of benzene rings is 1. The van der Waals surface area contributed by atoms with Gasteiger partial charge in [-0.2, -0.15) is 0 Å². The lowest BCUT2D eigenvalue weighted by molar-refractivity contribution is -0.143. The smallest absolute Gasteiger partial charge is 0.475 e. The molecule has 1 saturated heterocycles. The Labute approximate surface area is 336 Å². The minimum Gasteiger partial charge on any atom is -0.480 e. The van der Waals surface area contributed by atoms with Gasteiger partial charge in [0.1, 0.15) is 17.9 Å². The molecule has 20 nitrogen and oxygen atoms in total. The summed E-state index contributed by atoms with van der Waals surface area (Å²) >= 11 is 0. The van der Waals surface area contributed by atoms with Crippen molar-refractivity contribution in [1.29, 1.82) is 0 Å². The van der Waals surface area contributed by atoms with Crippen LogP contribution in [-0.4, -0.2) is 128 Å². The highest BCUT2D eigenvalue weighted by Gasteiger charge is 2.38. The molecule has 4 atom stereocenters. The van der Waals surface area contributed by atoms with Crippen molar-refractivity contribution in [2.24, 2.45) is 5.92 Å². The molecule has 0 spiro atoms. The molecule has 0 radical (unpaired) electrons. The van der Waals surface area contributed by atoms with Crippen molar-refractivity contribution in [3.05, 3.63) is 48.0 Å². The van der Waals surface area contributed by atoms with E-state index in [1.807, 2.05) is 0 Å². The van der Waals surface area contributed by atoms with Crippen LogP contribution in [0.3, 0.4) is 0 Å². The van der Waals surface area contributed by atoms with E-state index in [2.05, 4.69) is 42.1 Å².